The lowest BCUT2D eigenvalue weighted by atomic mass is 9.94. The minimum absolute atomic E-state index is 0.286. The Bertz CT molecular complexity index is 610. The molecule has 2 aromatic carbocycles. The summed E-state index contributed by atoms with van der Waals surface area (Å²) < 4.78 is 5.36. The maximum absolute atomic E-state index is 12.1. The van der Waals surface area contributed by atoms with Gasteiger partial charge in [-0.05, 0) is 43.3 Å². The van der Waals surface area contributed by atoms with E-state index in [-0.39, 0.29) is 5.97 Å². The third-order valence-corrected chi connectivity index (χ3v) is 3.89. The van der Waals surface area contributed by atoms with Crippen molar-refractivity contribution in [2.45, 2.75) is 26.5 Å². The number of hydrogen-bond acceptors (Lipinski definition) is 3. The van der Waals surface area contributed by atoms with Gasteiger partial charge in [0.2, 0.25) is 0 Å². The van der Waals surface area contributed by atoms with Gasteiger partial charge >= 0.3 is 5.97 Å². The summed E-state index contributed by atoms with van der Waals surface area (Å²) in [4.78, 5) is 14.3. The maximum atomic E-state index is 12.1. The SMILES string of the molecule is CC(C)[C@H](c1ccc(C(=O)OCc2ccccc2)cc1)N(C)C. The number of hydrogen-bond donors (Lipinski definition) is 0. The van der Waals surface area contributed by atoms with Crippen LogP contribution in [0.2, 0.25) is 0 Å². The summed E-state index contributed by atoms with van der Waals surface area (Å²) in [5, 5.41) is 0. The summed E-state index contributed by atoms with van der Waals surface area (Å²) in [6, 6.07) is 17.8. The Morgan fingerprint density at radius 2 is 1.61 bits per heavy atom. The summed E-state index contributed by atoms with van der Waals surface area (Å²) in [6.07, 6.45) is 0. The molecular weight excluding hydrogens is 286 g/mol. The molecule has 0 bridgehead atoms. The van der Waals surface area contributed by atoms with Crippen LogP contribution in [-0.2, 0) is 11.3 Å². The van der Waals surface area contributed by atoms with Gasteiger partial charge in [0, 0.05) is 6.04 Å². The van der Waals surface area contributed by atoms with E-state index in [4.69, 9.17) is 4.74 Å². The predicted molar refractivity (Wildman–Crippen MR) is 93.3 cm³/mol. The van der Waals surface area contributed by atoms with Gasteiger partial charge < -0.3 is 9.64 Å². The average Bonchev–Trinajstić information content (AvgIpc) is 2.53. The molecule has 0 aromatic heterocycles. The van der Waals surface area contributed by atoms with E-state index >= 15 is 0 Å². The van der Waals surface area contributed by atoms with Crippen molar-refractivity contribution in [2.24, 2.45) is 5.92 Å². The summed E-state index contributed by atoms with van der Waals surface area (Å²) in [7, 11) is 4.15. The predicted octanol–water partition coefficient (Wildman–Crippen LogP) is 4.30. The van der Waals surface area contributed by atoms with Gasteiger partial charge in [-0.3, -0.25) is 0 Å². The van der Waals surface area contributed by atoms with Crippen molar-refractivity contribution in [3.63, 3.8) is 0 Å². The molecule has 0 unspecified atom stereocenters. The van der Waals surface area contributed by atoms with Crippen molar-refractivity contribution < 1.29 is 9.53 Å². The zero-order valence-corrected chi connectivity index (χ0v) is 14.3. The van der Waals surface area contributed by atoms with E-state index in [1.54, 1.807) is 0 Å². The van der Waals surface area contributed by atoms with Gasteiger partial charge in [-0.25, -0.2) is 4.79 Å². The number of rotatable bonds is 6. The molecule has 0 aliphatic heterocycles. The van der Waals surface area contributed by atoms with E-state index in [9.17, 15) is 4.79 Å². The third kappa shape index (κ3) is 4.67. The van der Waals surface area contributed by atoms with E-state index in [0.29, 0.717) is 24.1 Å². The Morgan fingerprint density at radius 1 is 1.00 bits per heavy atom. The van der Waals surface area contributed by atoms with Crippen molar-refractivity contribution in [2.75, 3.05) is 14.1 Å². The maximum Gasteiger partial charge on any atom is 0.338 e. The van der Waals surface area contributed by atoms with Crippen LogP contribution in [-0.4, -0.2) is 25.0 Å². The normalized spacial score (nSPS) is 12.4. The Morgan fingerprint density at radius 3 is 2.13 bits per heavy atom. The molecule has 0 N–H and O–H groups in total. The zero-order valence-electron chi connectivity index (χ0n) is 14.3. The number of carbonyl (C=O) groups is 1. The number of nitrogens with zero attached hydrogens (tertiary/aromatic N) is 1. The molecule has 0 saturated carbocycles. The largest absolute Gasteiger partial charge is 0.457 e. The molecule has 0 amide bonds. The molecule has 0 radical (unpaired) electrons. The van der Waals surface area contributed by atoms with Crippen LogP contribution in [0.3, 0.4) is 0 Å². The molecule has 122 valence electrons. The minimum Gasteiger partial charge on any atom is -0.457 e. The highest BCUT2D eigenvalue weighted by Gasteiger charge is 2.18. The molecule has 1 atom stereocenters. The molecule has 0 fully saturated rings. The summed E-state index contributed by atoms with van der Waals surface area (Å²) >= 11 is 0. The summed E-state index contributed by atoms with van der Waals surface area (Å²) in [6.45, 7) is 4.70. The van der Waals surface area contributed by atoms with Gasteiger partial charge in [-0.15, -0.1) is 0 Å². The molecule has 3 heteroatoms. The van der Waals surface area contributed by atoms with Crippen LogP contribution in [0.1, 0.15) is 41.4 Å². The first-order valence-corrected chi connectivity index (χ1v) is 7.96. The number of esters is 1. The van der Waals surface area contributed by atoms with E-state index in [1.165, 1.54) is 5.56 Å². The summed E-state index contributed by atoms with van der Waals surface area (Å²) in [5.74, 6) is 0.215. The first-order chi connectivity index (χ1) is 11.0. The number of benzene rings is 2. The first-order valence-electron chi connectivity index (χ1n) is 7.96. The van der Waals surface area contributed by atoms with Crippen LogP contribution in [0, 0.1) is 5.92 Å². The third-order valence-electron chi connectivity index (χ3n) is 3.89. The molecule has 3 nitrogen and oxygen atoms in total. The number of carbonyl (C=O) groups excluding carboxylic acids is 1. The molecule has 0 saturated heterocycles. The van der Waals surface area contributed by atoms with Crippen molar-refractivity contribution in [3.05, 3.63) is 71.3 Å². The smallest absolute Gasteiger partial charge is 0.338 e. The van der Waals surface area contributed by atoms with Gasteiger partial charge in [0.05, 0.1) is 5.56 Å². The highest BCUT2D eigenvalue weighted by molar-refractivity contribution is 5.89. The minimum atomic E-state index is -0.286. The molecule has 2 rings (SSSR count). The van der Waals surface area contributed by atoms with E-state index in [0.717, 1.165) is 5.56 Å². The van der Waals surface area contributed by atoms with Gasteiger partial charge in [0.25, 0.3) is 0 Å². The molecule has 0 aliphatic rings. The molecule has 23 heavy (non-hydrogen) atoms. The van der Waals surface area contributed by atoms with Gasteiger partial charge in [0.1, 0.15) is 6.61 Å². The van der Waals surface area contributed by atoms with Crippen molar-refractivity contribution in [3.8, 4) is 0 Å². The second-order valence-corrected chi connectivity index (χ2v) is 6.34. The Labute approximate surface area is 138 Å². The fraction of sp³-hybridized carbons (Fsp3) is 0.350. The lowest BCUT2D eigenvalue weighted by Gasteiger charge is -2.28. The van der Waals surface area contributed by atoms with Gasteiger partial charge in [0.15, 0.2) is 0 Å². The monoisotopic (exact) mass is 311 g/mol. The quantitative estimate of drug-likeness (QED) is 0.745. The molecular formula is C20H25NO2. The van der Waals surface area contributed by atoms with Crippen LogP contribution < -0.4 is 0 Å². The van der Waals surface area contributed by atoms with Crippen molar-refractivity contribution in [1.82, 2.24) is 4.90 Å². The Balaban J connectivity index is 2.02. The topological polar surface area (TPSA) is 29.5 Å². The fourth-order valence-corrected chi connectivity index (χ4v) is 2.90. The van der Waals surface area contributed by atoms with Crippen LogP contribution in [0.4, 0.5) is 0 Å². The fourth-order valence-electron chi connectivity index (χ4n) is 2.90. The van der Waals surface area contributed by atoms with E-state index < -0.39 is 0 Å². The molecule has 0 spiro atoms. The van der Waals surface area contributed by atoms with Crippen molar-refractivity contribution in [1.29, 1.82) is 0 Å². The zero-order chi connectivity index (χ0) is 16.8. The van der Waals surface area contributed by atoms with Crippen LogP contribution in [0.5, 0.6) is 0 Å². The second kappa shape index (κ2) is 7.93. The average molecular weight is 311 g/mol. The van der Waals surface area contributed by atoms with Gasteiger partial charge in [-0.2, -0.15) is 0 Å². The molecule has 0 heterocycles. The van der Waals surface area contributed by atoms with Crippen LogP contribution in [0.25, 0.3) is 0 Å². The van der Waals surface area contributed by atoms with E-state index in [2.05, 4.69) is 32.8 Å². The van der Waals surface area contributed by atoms with Crippen LogP contribution >= 0.6 is 0 Å². The molecule has 2 aromatic rings. The lowest BCUT2D eigenvalue weighted by molar-refractivity contribution is 0.0472. The Kier molecular flexibility index (Phi) is 5.94. The second-order valence-electron chi connectivity index (χ2n) is 6.34. The highest BCUT2D eigenvalue weighted by Crippen LogP contribution is 2.26. The first kappa shape index (κ1) is 17.2. The summed E-state index contributed by atoms with van der Waals surface area (Å²) in [5.41, 5.74) is 2.79. The highest BCUT2D eigenvalue weighted by atomic mass is 16.5. The Hall–Kier alpha value is -2.13. The molecule has 0 aliphatic carbocycles. The van der Waals surface area contributed by atoms with Crippen molar-refractivity contribution >= 4 is 5.97 Å². The van der Waals surface area contributed by atoms with E-state index in [1.807, 2.05) is 54.6 Å². The number of ether oxygens (including phenoxy) is 1. The lowest BCUT2D eigenvalue weighted by Crippen LogP contribution is -2.24. The van der Waals surface area contributed by atoms with Crippen LogP contribution in [0.15, 0.2) is 54.6 Å². The van der Waals surface area contributed by atoms with Gasteiger partial charge in [-0.1, -0.05) is 56.3 Å². The standard InChI is InChI=1S/C20H25NO2/c1-15(2)19(21(3)4)17-10-12-18(13-11-17)20(22)23-14-16-8-6-5-7-9-16/h5-13,15,19H,14H2,1-4H3/t19-/m1/s1.